The van der Waals surface area contributed by atoms with E-state index in [4.69, 9.17) is 0 Å². The van der Waals surface area contributed by atoms with Crippen LogP contribution in [0.3, 0.4) is 0 Å². The van der Waals surface area contributed by atoms with Gasteiger partial charge in [-0.15, -0.1) is 0 Å². The standard InChI is InChI=1S/C12H10OP.ClH.Pd/c13-14(11-7-3-1-4-8-11)12-9-5-2-6-10-12;;/h1-10H;1H;/q+1;;/p-1. The summed E-state index contributed by atoms with van der Waals surface area (Å²) in [6.45, 7) is 0. The molecule has 0 N–H and O–H groups in total. The molecule has 0 saturated heterocycles. The van der Waals surface area contributed by atoms with Gasteiger partial charge in [-0.3, -0.25) is 0 Å². The van der Waals surface area contributed by atoms with E-state index in [0.717, 1.165) is 10.6 Å². The fourth-order valence-electron chi connectivity index (χ4n) is 1.37. The zero-order valence-corrected chi connectivity index (χ0v) is 11.5. The number of halogens is 1. The molecule has 0 amide bonds. The SMILES string of the molecule is O=[P]([Pd+])(c1ccccc1)c1ccccc1.[Cl-]. The maximum absolute atomic E-state index is 12.6. The van der Waals surface area contributed by atoms with Gasteiger partial charge in [0.15, 0.2) is 0 Å². The van der Waals surface area contributed by atoms with Gasteiger partial charge in [0.2, 0.25) is 0 Å². The minimum atomic E-state index is -2.55. The van der Waals surface area contributed by atoms with E-state index < -0.39 is 5.33 Å². The van der Waals surface area contributed by atoms with Crippen LogP contribution in [0.4, 0.5) is 0 Å². The van der Waals surface area contributed by atoms with Gasteiger partial charge in [0.25, 0.3) is 0 Å². The first-order valence-corrected chi connectivity index (χ1v) is 8.22. The van der Waals surface area contributed by atoms with E-state index in [1.165, 1.54) is 0 Å². The van der Waals surface area contributed by atoms with Gasteiger partial charge in [0.1, 0.15) is 0 Å². The zero-order valence-electron chi connectivity index (χ0n) is 8.32. The molecule has 4 heteroatoms. The summed E-state index contributed by atoms with van der Waals surface area (Å²) in [7, 11) is 0. The Labute approximate surface area is 112 Å². The second-order valence-electron chi connectivity index (χ2n) is 3.16. The van der Waals surface area contributed by atoms with Gasteiger partial charge in [0, 0.05) is 0 Å². The van der Waals surface area contributed by atoms with Crippen LogP contribution in [0.1, 0.15) is 0 Å². The van der Waals surface area contributed by atoms with E-state index in [1.807, 2.05) is 60.7 Å². The van der Waals surface area contributed by atoms with E-state index in [9.17, 15) is 4.57 Å². The monoisotopic (exact) mass is 342 g/mol. The van der Waals surface area contributed by atoms with Crippen molar-refractivity contribution in [1.29, 1.82) is 0 Å². The van der Waals surface area contributed by atoms with Crippen molar-refractivity contribution in [2.24, 2.45) is 0 Å². The van der Waals surface area contributed by atoms with Crippen molar-refractivity contribution in [2.75, 3.05) is 0 Å². The van der Waals surface area contributed by atoms with Crippen LogP contribution < -0.4 is 23.0 Å². The molecule has 2 aromatic carbocycles. The summed E-state index contributed by atoms with van der Waals surface area (Å²) in [4.78, 5) is 0. The second-order valence-corrected chi connectivity index (χ2v) is 8.12. The maximum Gasteiger partial charge on any atom is -1.00 e. The Morgan fingerprint density at radius 3 is 1.38 bits per heavy atom. The molecule has 2 aromatic rings. The first kappa shape index (κ1) is 13.7. The van der Waals surface area contributed by atoms with Gasteiger partial charge in [-0.2, -0.15) is 0 Å². The molecule has 1 nitrogen and oxygen atoms in total. The van der Waals surface area contributed by atoms with Crippen LogP contribution in [0.2, 0.25) is 0 Å². The summed E-state index contributed by atoms with van der Waals surface area (Å²) in [5.74, 6) is 0. The van der Waals surface area contributed by atoms with Crippen molar-refractivity contribution >= 4 is 15.9 Å². The zero-order chi connectivity index (χ0) is 10.7. The van der Waals surface area contributed by atoms with Crippen LogP contribution in [-0.2, 0) is 23.3 Å². The number of rotatable bonds is 2. The van der Waals surface area contributed by atoms with Crippen LogP contribution in [-0.4, -0.2) is 0 Å². The summed E-state index contributed by atoms with van der Waals surface area (Å²) in [5, 5.41) is -0.854. The molecule has 0 bridgehead atoms. The fraction of sp³-hybridized carbons (Fsp3) is 0. The average molecular weight is 343 g/mol. The van der Waals surface area contributed by atoms with Crippen molar-refractivity contribution in [3.05, 3.63) is 60.7 Å². The minimum Gasteiger partial charge on any atom is -1.00 e. The van der Waals surface area contributed by atoms with Crippen LogP contribution in [0.25, 0.3) is 0 Å². The van der Waals surface area contributed by atoms with Crippen LogP contribution in [0, 0.1) is 0 Å². The summed E-state index contributed by atoms with van der Waals surface area (Å²) >= 11 is 3.05. The van der Waals surface area contributed by atoms with Crippen molar-refractivity contribution in [3.63, 3.8) is 0 Å². The van der Waals surface area contributed by atoms with E-state index in [-0.39, 0.29) is 12.4 Å². The van der Waals surface area contributed by atoms with Crippen LogP contribution in [0.15, 0.2) is 60.7 Å². The molecule has 0 aromatic heterocycles. The molecule has 0 atom stereocenters. The Kier molecular flexibility index (Phi) is 4.96. The summed E-state index contributed by atoms with van der Waals surface area (Å²) in [5.41, 5.74) is 0. The van der Waals surface area contributed by atoms with Crippen LogP contribution >= 0.6 is 5.33 Å². The van der Waals surface area contributed by atoms with Crippen molar-refractivity contribution in [2.45, 2.75) is 0 Å². The molecule has 0 saturated carbocycles. The predicted molar refractivity (Wildman–Crippen MR) is 59.8 cm³/mol. The third-order valence-corrected chi connectivity index (χ3v) is 6.41. The minimum absolute atomic E-state index is 0. The molecule has 0 spiro atoms. The Balaban J connectivity index is 0.00000128. The summed E-state index contributed by atoms with van der Waals surface area (Å²) in [6, 6.07) is 19.0. The molecule has 2 rings (SSSR count). The number of hydrogen-bond donors (Lipinski definition) is 0. The maximum atomic E-state index is 12.6. The van der Waals surface area contributed by atoms with Gasteiger partial charge < -0.3 is 12.4 Å². The average Bonchev–Trinajstić information content (AvgIpc) is 2.31. The van der Waals surface area contributed by atoms with Gasteiger partial charge in [-0.05, 0) is 0 Å². The Hall–Kier alpha value is -0.378. The molecule has 0 aliphatic rings. The molecular weight excluding hydrogens is 333 g/mol. The topological polar surface area (TPSA) is 17.1 Å². The molecule has 0 fully saturated rings. The Morgan fingerprint density at radius 1 is 0.750 bits per heavy atom. The molecule has 0 unspecified atom stereocenters. The third-order valence-electron chi connectivity index (χ3n) is 2.14. The Morgan fingerprint density at radius 2 is 1.06 bits per heavy atom. The molecule has 0 heterocycles. The molecule has 86 valence electrons. The largest absolute Gasteiger partial charge is 1.00 e. The van der Waals surface area contributed by atoms with E-state index in [1.54, 1.807) is 0 Å². The van der Waals surface area contributed by atoms with E-state index in [2.05, 4.69) is 18.7 Å². The summed E-state index contributed by atoms with van der Waals surface area (Å²) in [6.07, 6.45) is 0. The molecular formula is C12H10ClOPPd. The first-order valence-electron chi connectivity index (χ1n) is 4.59. The number of hydrogen-bond acceptors (Lipinski definition) is 1. The first-order chi connectivity index (χ1) is 7.21. The summed E-state index contributed by atoms with van der Waals surface area (Å²) < 4.78 is 12.6. The molecule has 0 aliphatic carbocycles. The van der Waals surface area contributed by atoms with Crippen molar-refractivity contribution in [3.8, 4) is 0 Å². The fourth-order valence-corrected chi connectivity index (χ4v) is 4.13. The smallest absolute Gasteiger partial charge is 1.00 e. The van der Waals surface area contributed by atoms with Gasteiger partial charge >= 0.3 is 99.9 Å². The quantitative estimate of drug-likeness (QED) is 0.529. The molecule has 0 aliphatic heterocycles. The van der Waals surface area contributed by atoms with Gasteiger partial charge in [-0.25, -0.2) is 0 Å². The van der Waals surface area contributed by atoms with Gasteiger partial charge in [0.05, 0.1) is 0 Å². The molecule has 16 heavy (non-hydrogen) atoms. The van der Waals surface area contributed by atoms with Crippen molar-refractivity contribution in [1.82, 2.24) is 0 Å². The number of benzene rings is 2. The van der Waals surface area contributed by atoms with Crippen LogP contribution in [0.5, 0.6) is 0 Å². The third kappa shape index (κ3) is 2.84. The molecule has 0 radical (unpaired) electrons. The van der Waals surface area contributed by atoms with Crippen molar-refractivity contribution < 1.29 is 35.7 Å². The van der Waals surface area contributed by atoms with E-state index in [0.29, 0.717) is 0 Å². The predicted octanol–water partition coefficient (Wildman–Crippen LogP) is -0.534. The van der Waals surface area contributed by atoms with E-state index >= 15 is 0 Å². The normalized spacial score (nSPS) is 10.6. The van der Waals surface area contributed by atoms with Gasteiger partial charge in [-0.1, -0.05) is 0 Å². The second kappa shape index (κ2) is 5.80. The Bertz CT molecular complexity index is 443.